The number of halogens is 2. The van der Waals surface area contributed by atoms with E-state index in [2.05, 4.69) is 15.5 Å². The fourth-order valence-corrected chi connectivity index (χ4v) is 2.93. The molecule has 0 atom stereocenters. The summed E-state index contributed by atoms with van der Waals surface area (Å²) in [5, 5.41) is 7.21. The average molecular weight is 397 g/mol. The Labute approximate surface area is 164 Å². The van der Waals surface area contributed by atoms with Crippen molar-refractivity contribution in [1.82, 2.24) is 14.7 Å². The van der Waals surface area contributed by atoms with Gasteiger partial charge >= 0.3 is 0 Å². The Morgan fingerprint density at radius 3 is 2.82 bits per heavy atom. The van der Waals surface area contributed by atoms with E-state index in [4.69, 9.17) is 16.1 Å². The number of nitrogens with zero attached hydrogens (tertiary/aromatic N) is 3. The number of amides is 1. The molecule has 28 heavy (non-hydrogen) atoms. The number of anilines is 1. The van der Waals surface area contributed by atoms with Crippen molar-refractivity contribution in [2.24, 2.45) is 0 Å². The molecule has 1 amide bonds. The van der Waals surface area contributed by atoms with Crippen LogP contribution in [0.5, 0.6) is 0 Å². The fraction of sp³-hybridized carbons (Fsp3) is 0.0500. The molecule has 0 aliphatic heterocycles. The van der Waals surface area contributed by atoms with E-state index in [0.717, 1.165) is 5.56 Å². The Morgan fingerprint density at radius 1 is 1.14 bits per heavy atom. The molecule has 4 rings (SSSR count). The van der Waals surface area contributed by atoms with Crippen molar-refractivity contribution >= 4 is 23.2 Å². The molecule has 0 saturated carbocycles. The highest BCUT2D eigenvalue weighted by Gasteiger charge is 2.16. The molecular weight excluding hydrogens is 383 g/mol. The molecule has 140 valence electrons. The summed E-state index contributed by atoms with van der Waals surface area (Å²) in [6.45, 7) is 0.00766. The Kier molecular flexibility index (Phi) is 4.90. The van der Waals surface area contributed by atoms with Gasteiger partial charge in [0, 0.05) is 22.5 Å². The first-order chi connectivity index (χ1) is 13.6. The zero-order chi connectivity index (χ0) is 19.5. The summed E-state index contributed by atoms with van der Waals surface area (Å²) in [5.41, 5.74) is 1.71. The Morgan fingerprint density at radius 2 is 2.00 bits per heavy atom. The maximum absolute atomic E-state index is 13.3. The predicted molar refractivity (Wildman–Crippen MR) is 103 cm³/mol. The van der Waals surface area contributed by atoms with Crippen LogP contribution in [0, 0.1) is 5.82 Å². The third-order valence-corrected chi connectivity index (χ3v) is 4.21. The van der Waals surface area contributed by atoms with Crippen molar-refractivity contribution in [3.8, 4) is 23.0 Å². The molecule has 0 unspecified atom stereocenters. The minimum Gasteiger partial charge on any atom is -0.334 e. The molecular formula is C20H14ClFN4O2. The lowest BCUT2D eigenvalue weighted by Crippen LogP contribution is -2.18. The van der Waals surface area contributed by atoms with E-state index in [1.807, 2.05) is 6.07 Å². The van der Waals surface area contributed by atoms with Gasteiger partial charge in [-0.25, -0.2) is 4.39 Å². The fourth-order valence-electron chi connectivity index (χ4n) is 2.74. The van der Waals surface area contributed by atoms with Gasteiger partial charge in [0.2, 0.25) is 11.7 Å². The Balaban J connectivity index is 1.52. The van der Waals surface area contributed by atoms with E-state index in [1.54, 1.807) is 47.2 Å². The second-order valence-electron chi connectivity index (χ2n) is 6.01. The lowest BCUT2D eigenvalue weighted by Gasteiger charge is -2.08. The minimum atomic E-state index is -0.418. The highest BCUT2D eigenvalue weighted by molar-refractivity contribution is 6.30. The minimum absolute atomic E-state index is 0.00766. The molecule has 0 bridgehead atoms. The lowest BCUT2D eigenvalue weighted by molar-refractivity contribution is -0.116. The number of rotatable bonds is 5. The third-order valence-electron chi connectivity index (χ3n) is 3.98. The van der Waals surface area contributed by atoms with Crippen molar-refractivity contribution in [3.05, 3.63) is 77.7 Å². The summed E-state index contributed by atoms with van der Waals surface area (Å²) in [4.78, 5) is 16.7. The van der Waals surface area contributed by atoms with Gasteiger partial charge in [0.15, 0.2) is 0 Å². The number of carbonyl (C=O) groups is 1. The van der Waals surface area contributed by atoms with Crippen LogP contribution in [0.15, 0.2) is 71.4 Å². The Hall–Kier alpha value is -3.45. The van der Waals surface area contributed by atoms with Crippen molar-refractivity contribution in [2.75, 3.05) is 5.32 Å². The number of carbonyl (C=O) groups excluding carboxylic acids is 1. The van der Waals surface area contributed by atoms with Gasteiger partial charge in [-0.3, -0.25) is 4.79 Å². The highest BCUT2D eigenvalue weighted by Crippen LogP contribution is 2.24. The van der Waals surface area contributed by atoms with Crippen LogP contribution in [-0.4, -0.2) is 20.6 Å². The summed E-state index contributed by atoms with van der Waals surface area (Å²) in [5.74, 6) is -0.0514. The van der Waals surface area contributed by atoms with E-state index in [0.29, 0.717) is 22.2 Å². The van der Waals surface area contributed by atoms with E-state index in [1.165, 1.54) is 18.2 Å². The first-order valence-corrected chi connectivity index (χ1v) is 8.77. The van der Waals surface area contributed by atoms with Gasteiger partial charge in [-0.05, 0) is 42.5 Å². The van der Waals surface area contributed by atoms with Crippen molar-refractivity contribution in [1.29, 1.82) is 0 Å². The van der Waals surface area contributed by atoms with Gasteiger partial charge in [0.25, 0.3) is 5.89 Å². The Bertz CT molecular complexity index is 1140. The molecule has 4 aromatic rings. The van der Waals surface area contributed by atoms with Crippen LogP contribution >= 0.6 is 11.6 Å². The number of benzene rings is 2. The first-order valence-electron chi connectivity index (χ1n) is 8.39. The van der Waals surface area contributed by atoms with Crippen molar-refractivity contribution in [3.63, 3.8) is 0 Å². The largest absolute Gasteiger partial charge is 0.334 e. The van der Waals surface area contributed by atoms with Crippen LogP contribution in [0.4, 0.5) is 10.1 Å². The monoisotopic (exact) mass is 396 g/mol. The number of hydrogen-bond donors (Lipinski definition) is 1. The molecule has 1 N–H and O–H groups in total. The molecule has 0 aliphatic carbocycles. The number of hydrogen-bond acceptors (Lipinski definition) is 4. The number of aromatic nitrogens is 3. The summed E-state index contributed by atoms with van der Waals surface area (Å²) in [6.07, 6.45) is 1.73. The maximum atomic E-state index is 13.3. The summed E-state index contributed by atoms with van der Waals surface area (Å²) < 4.78 is 20.3. The SMILES string of the molecule is O=C(Cn1cccc1-c1nc(-c2cccc(Cl)c2)no1)Nc1cccc(F)c1. The van der Waals surface area contributed by atoms with Crippen LogP contribution in [-0.2, 0) is 11.3 Å². The highest BCUT2D eigenvalue weighted by atomic mass is 35.5. The van der Waals surface area contributed by atoms with E-state index in [-0.39, 0.29) is 18.3 Å². The molecule has 0 fully saturated rings. The maximum Gasteiger partial charge on any atom is 0.274 e. The zero-order valence-electron chi connectivity index (χ0n) is 14.5. The summed E-state index contributed by atoms with van der Waals surface area (Å²) >= 11 is 6.00. The predicted octanol–water partition coefficient (Wildman–Crippen LogP) is 4.64. The quantitative estimate of drug-likeness (QED) is 0.533. The van der Waals surface area contributed by atoms with E-state index >= 15 is 0 Å². The molecule has 2 aromatic heterocycles. The topological polar surface area (TPSA) is 73.0 Å². The molecule has 2 heterocycles. The molecule has 2 aromatic carbocycles. The van der Waals surface area contributed by atoms with Crippen LogP contribution in [0.25, 0.3) is 23.0 Å². The van der Waals surface area contributed by atoms with Crippen molar-refractivity contribution < 1.29 is 13.7 Å². The molecule has 0 aliphatic rings. The average Bonchev–Trinajstić information content (AvgIpc) is 3.31. The number of nitrogens with one attached hydrogen (secondary N) is 1. The second-order valence-corrected chi connectivity index (χ2v) is 6.45. The summed E-state index contributed by atoms with van der Waals surface area (Å²) in [7, 11) is 0. The third kappa shape index (κ3) is 3.94. The molecule has 6 nitrogen and oxygen atoms in total. The van der Waals surface area contributed by atoms with Gasteiger partial charge in [-0.1, -0.05) is 35.0 Å². The van der Waals surface area contributed by atoms with Gasteiger partial charge in [-0.2, -0.15) is 4.98 Å². The molecule has 8 heteroatoms. The van der Waals surface area contributed by atoms with Gasteiger partial charge in [0.1, 0.15) is 18.1 Å². The standard InChI is InChI=1S/C20H14ClFN4O2/c21-14-5-1-4-13(10-14)19-24-20(28-25-19)17-8-3-9-26(17)12-18(27)23-16-7-2-6-15(22)11-16/h1-11H,12H2,(H,23,27). The smallest absolute Gasteiger partial charge is 0.274 e. The van der Waals surface area contributed by atoms with Crippen LogP contribution < -0.4 is 5.32 Å². The van der Waals surface area contributed by atoms with Crippen LogP contribution in [0.2, 0.25) is 5.02 Å². The second kappa shape index (κ2) is 7.66. The summed E-state index contributed by atoms with van der Waals surface area (Å²) in [6, 6.07) is 16.4. The normalized spacial score (nSPS) is 10.8. The van der Waals surface area contributed by atoms with Crippen LogP contribution in [0.3, 0.4) is 0 Å². The molecule has 0 saturated heterocycles. The lowest BCUT2D eigenvalue weighted by atomic mass is 10.2. The van der Waals surface area contributed by atoms with Gasteiger partial charge in [0.05, 0.1) is 0 Å². The van der Waals surface area contributed by atoms with E-state index in [9.17, 15) is 9.18 Å². The zero-order valence-corrected chi connectivity index (χ0v) is 15.2. The molecule has 0 radical (unpaired) electrons. The van der Waals surface area contributed by atoms with E-state index < -0.39 is 5.82 Å². The molecule has 0 spiro atoms. The van der Waals surface area contributed by atoms with Gasteiger partial charge in [-0.15, -0.1) is 0 Å². The van der Waals surface area contributed by atoms with Gasteiger partial charge < -0.3 is 14.4 Å². The van der Waals surface area contributed by atoms with Crippen molar-refractivity contribution in [2.45, 2.75) is 6.54 Å². The first kappa shape index (κ1) is 17.9. The van der Waals surface area contributed by atoms with Crippen LogP contribution in [0.1, 0.15) is 0 Å².